The molecule has 0 saturated heterocycles. The van der Waals surface area contributed by atoms with E-state index in [0.29, 0.717) is 39.4 Å². The van der Waals surface area contributed by atoms with E-state index in [1.54, 1.807) is 39.7 Å². The first-order chi connectivity index (χ1) is 22.1. The normalized spacial score (nSPS) is 11.7. The number of carbonyl (C=O) groups excluding carboxylic acids is 2. The summed E-state index contributed by atoms with van der Waals surface area (Å²) in [6, 6.07) is 25.4. The van der Waals surface area contributed by atoms with Crippen LogP contribution in [0.15, 0.2) is 91.1 Å². The number of benzene rings is 3. The fourth-order valence-electron chi connectivity index (χ4n) is 5.37. The largest absolute Gasteiger partial charge is 0.384 e. The number of amides is 3. The van der Waals surface area contributed by atoms with Gasteiger partial charge in [-0.05, 0) is 60.7 Å². The van der Waals surface area contributed by atoms with Crippen molar-refractivity contribution in [1.82, 2.24) is 29.3 Å². The minimum atomic E-state index is -0.699. The summed E-state index contributed by atoms with van der Waals surface area (Å²) in [5.41, 5.74) is 17.6. The smallest absolute Gasteiger partial charge is 0.324 e. The molecule has 0 bridgehead atoms. The molecule has 0 atom stereocenters. The molecule has 6 N–H and O–H groups in total. The van der Waals surface area contributed by atoms with Gasteiger partial charge in [0, 0.05) is 34.4 Å². The zero-order chi connectivity index (χ0) is 32.2. The Hall–Kier alpha value is -6.30. The first-order valence-corrected chi connectivity index (χ1v) is 14.6. The number of fused-ring (bicyclic) bond motifs is 3. The SMILES string of the molecule is CC(C)(C)c1cc(NC(=O)Nc2ccc(-n3c(N)c(C(N)=O)c4nc5ccccc5nc43)cc2)n(-c2ccc3ncccc3c2)n1. The monoisotopic (exact) mass is 610 g/mol. The molecule has 0 fully saturated rings. The molecule has 0 aliphatic carbocycles. The Balaban J connectivity index is 1.18. The Kier molecular flexibility index (Phi) is 6.62. The van der Waals surface area contributed by atoms with E-state index in [1.165, 1.54) is 0 Å². The number of pyridine rings is 1. The van der Waals surface area contributed by atoms with Crippen LogP contribution in [0.4, 0.5) is 22.1 Å². The lowest BCUT2D eigenvalue weighted by Crippen LogP contribution is -2.21. The molecule has 228 valence electrons. The van der Waals surface area contributed by atoms with Crippen LogP contribution in [0.5, 0.6) is 0 Å². The molecule has 0 unspecified atom stereocenters. The Bertz CT molecular complexity index is 2310. The van der Waals surface area contributed by atoms with Crippen LogP contribution in [0.25, 0.3) is 44.5 Å². The molecule has 0 aliphatic rings. The summed E-state index contributed by atoms with van der Waals surface area (Å²) >= 11 is 0. The van der Waals surface area contributed by atoms with Crippen LogP contribution in [0, 0.1) is 0 Å². The van der Waals surface area contributed by atoms with Crippen molar-refractivity contribution in [1.29, 1.82) is 0 Å². The third-order valence-electron chi connectivity index (χ3n) is 7.68. The maximum atomic E-state index is 13.3. The Labute approximate surface area is 263 Å². The van der Waals surface area contributed by atoms with Crippen molar-refractivity contribution < 1.29 is 9.59 Å². The number of hydrogen-bond donors (Lipinski definition) is 4. The van der Waals surface area contributed by atoms with Gasteiger partial charge in [0.05, 0.1) is 27.9 Å². The summed E-state index contributed by atoms with van der Waals surface area (Å²) in [4.78, 5) is 39.4. The van der Waals surface area contributed by atoms with Crippen LogP contribution in [0.2, 0.25) is 0 Å². The van der Waals surface area contributed by atoms with Gasteiger partial charge in [0.2, 0.25) is 0 Å². The molecule has 4 aromatic heterocycles. The first-order valence-electron chi connectivity index (χ1n) is 14.6. The van der Waals surface area contributed by atoms with Gasteiger partial charge in [0.1, 0.15) is 22.7 Å². The number of para-hydroxylation sites is 2. The fraction of sp³-hybridized carbons (Fsp3) is 0.118. The molecule has 0 saturated carbocycles. The molecule has 3 amide bonds. The van der Waals surface area contributed by atoms with Gasteiger partial charge in [-0.3, -0.25) is 19.7 Å². The van der Waals surface area contributed by atoms with Gasteiger partial charge in [0.15, 0.2) is 5.65 Å². The summed E-state index contributed by atoms with van der Waals surface area (Å²) in [5.74, 6) is -0.0581. The predicted molar refractivity (Wildman–Crippen MR) is 180 cm³/mol. The van der Waals surface area contributed by atoms with Crippen LogP contribution in [0.1, 0.15) is 36.8 Å². The van der Waals surface area contributed by atoms with Crippen molar-refractivity contribution >= 4 is 62.4 Å². The highest BCUT2D eigenvalue weighted by Gasteiger charge is 2.24. The number of carbonyl (C=O) groups is 2. The van der Waals surface area contributed by atoms with Crippen LogP contribution in [-0.4, -0.2) is 41.2 Å². The molecular weight excluding hydrogens is 580 g/mol. The van der Waals surface area contributed by atoms with Crippen molar-refractivity contribution in [2.75, 3.05) is 16.4 Å². The van der Waals surface area contributed by atoms with E-state index >= 15 is 0 Å². The zero-order valence-electron chi connectivity index (χ0n) is 25.3. The topological polar surface area (TPSA) is 172 Å². The Morgan fingerprint density at radius 1 is 0.804 bits per heavy atom. The Morgan fingerprint density at radius 3 is 2.24 bits per heavy atom. The quantitative estimate of drug-likeness (QED) is 0.187. The number of nitrogens with two attached hydrogens (primary N) is 2. The van der Waals surface area contributed by atoms with Gasteiger partial charge in [-0.15, -0.1) is 0 Å². The van der Waals surface area contributed by atoms with E-state index in [1.807, 2.05) is 60.7 Å². The van der Waals surface area contributed by atoms with Crippen LogP contribution >= 0.6 is 0 Å². The van der Waals surface area contributed by atoms with Gasteiger partial charge in [-0.2, -0.15) is 5.10 Å². The minimum absolute atomic E-state index is 0.101. The van der Waals surface area contributed by atoms with Crippen LogP contribution < -0.4 is 22.1 Å². The number of nitrogens with one attached hydrogen (secondary N) is 2. The van der Waals surface area contributed by atoms with Crippen molar-refractivity contribution in [2.45, 2.75) is 26.2 Å². The van der Waals surface area contributed by atoms with E-state index in [-0.39, 0.29) is 16.8 Å². The molecule has 7 rings (SSSR count). The van der Waals surface area contributed by atoms with E-state index < -0.39 is 11.9 Å². The molecule has 0 aliphatic heterocycles. The predicted octanol–water partition coefficient (Wildman–Crippen LogP) is 5.93. The van der Waals surface area contributed by atoms with Crippen molar-refractivity contribution in [3.05, 3.63) is 102 Å². The van der Waals surface area contributed by atoms with Gasteiger partial charge >= 0.3 is 6.03 Å². The number of hydrogen-bond acceptors (Lipinski definition) is 7. The fourth-order valence-corrected chi connectivity index (χ4v) is 5.37. The molecule has 0 spiro atoms. The summed E-state index contributed by atoms with van der Waals surface area (Å²) in [6.07, 6.45) is 1.75. The third-order valence-corrected chi connectivity index (χ3v) is 7.68. The summed E-state index contributed by atoms with van der Waals surface area (Å²) in [5, 5.41) is 11.6. The molecule has 0 radical (unpaired) electrons. The lowest BCUT2D eigenvalue weighted by Gasteiger charge is -2.14. The number of primary amides is 1. The summed E-state index contributed by atoms with van der Waals surface area (Å²) < 4.78 is 3.35. The summed E-state index contributed by atoms with van der Waals surface area (Å²) in [6.45, 7) is 6.20. The third kappa shape index (κ3) is 5.01. The van der Waals surface area contributed by atoms with E-state index in [2.05, 4.69) is 41.4 Å². The second-order valence-electron chi connectivity index (χ2n) is 11.9. The lowest BCUT2D eigenvalue weighted by atomic mass is 9.92. The van der Waals surface area contributed by atoms with Crippen molar-refractivity contribution in [2.24, 2.45) is 5.73 Å². The van der Waals surface area contributed by atoms with E-state index in [0.717, 1.165) is 22.3 Å². The molecular formula is C34H30N10O2. The number of anilines is 3. The van der Waals surface area contributed by atoms with Gasteiger partial charge in [-0.1, -0.05) is 39.0 Å². The van der Waals surface area contributed by atoms with Gasteiger partial charge < -0.3 is 16.8 Å². The van der Waals surface area contributed by atoms with Crippen LogP contribution in [0.3, 0.4) is 0 Å². The number of aromatic nitrogens is 6. The van der Waals surface area contributed by atoms with Gasteiger partial charge in [0.25, 0.3) is 5.91 Å². The maximum absolute atomic E-state index is 13.3. The van der Waals surface area contributed by atoms with E-state index in [4.69, 9.17) is 21.5 Å². The minimum Gasteiger partial charge on any atom is -0.384 e. The molecule has 12 heteroatoms. The average molecular weight is 611 g/mol. The highest BCUT2D eigenvalue weighted by atomic mass is 16.2. The highest BCUT2D eigenvalue weighted by molar-refractivity contribution is 6.10. The Morgan fingerprint density at radius 2 is 1.52 bits per heavy atom. The number of nitrogens with zero attached hydrogens (tertiary/aromatic N) is 6. The average Bonchev–Trinajstić information content (AvgIpc) is 3.58. The van der Waals surface area contributed by atoms with Crippen molar-refractivity contribution in [3.63, 3.8) is 0 Å². The van der Waals surface area contributed by atoms with Crippen molar-refractivity contribution in [3.8, 4) is 11.4 Å². The number of urea groups is 1. The molecule has 12 nitrogen and oxygen atoms in total. The van der Waals surface area contributed by atoms with Gasteiger partial charge in [-0.25, -0.2) is 19.4 Å². The maximum Gasteiger partial charge on any atom is 0.324 e. The zero-order valence-corrected chi connectivity index (χ0v) is 25.3. The summed E-state index contributed by atoms with van der Waals surface area (Å²) in [7, 11) is 0. The van der Waals surface area contributed by atoms with E-state index in [9.17, 15) is 9.59 Å². The molecule has 46 heavy (non-hydrogen) atoms. The molecule has 7 aromatic rings. The molecule has 4 heterocycles. The lowest BCUT2D eigenvalue weighted by molar-refractivity contribution is 0.100. The number of nitrogen functional groups attached to an aromatic ring is 1. The second-order valence-corrected chi connectivity index (χ2v) is 11.9. The molecule has 3 aromatic carbocycles. The standard InChI is InChI=1S/C34H30N10O2/c1-34(2,3)26-18-27(44(42-26)22-14-15-23-19(17-22)7-6-16-37-23)41-33(46)38-20-10-12-21(13-11-20)43-30(35)28(31(36)45)29-32(43)40-25-9-5-4-8-24(25)39-29/h4-18H,35H2,1-3H3,(H2,36,45)(H2,38,41,46). The second kappa shape index (κ2) is 10.7. The number of rotatable bonds is 5. The highest BCUT2D eigenvalue weighted by Crippen LogP contribution is 2.32. The first kappa shape index (κ1) is 28.5. The van der Waals surface area contributed by atoms with Crippen LogP contribution in [-0.2, 0) is 5.41 Å².